The summed E-state index contributed by atoms with van der Waals surface area (Å²) in [5.74, 6) is 0. The van der Waals surface area contributed by atoms with Crippen LogP contribution in [0.4, 0.5) is 4.79 Å². The van der Waals surface area contributed by atoms with Crippen LogP contribution in [-0.2, 0) is 11.3 Å². The van der Waals surface area contributed by atoms with Gasteiger partial charge in [-0.2, -0.15) is 0 Å². The quantitative estimate of drug-likeness (QED) is 0.772. The first-order chi connectivity index (χ1) is 8.83. The zero-order chi connectivity index (χ0) is 13.6. The lowest BCUT2D eigenvalue weighted by Crippen LogP contribution is -2.25. The Balaban J connectivity index is 0.00000137. The second-order valence-corrected chi connectivity index (χ2v) is 3.70. The normalized spacial score (nSPS) is 9.06. The van der Waals surface area contributed by atoms with Crippen LogP contribution in [0.3, 0.4) is 0 Å². The molecule has 3 nitrogen and oxygen atoms in total. The van der Waals surface area contributed by atoms with E-state index in [1.807, 2.05) is 44.2 Å². The van der Waals surface area contributed by atoms with E-state index in [2.05, 4.69) is 12.2 Å². The van der Waals surface area contributed by atoms with E-state index in [1.165, 1.54) is 0 Å². The number of alkyl carbamates (subject to hydrolysis) is 1. The lowest BCUT2D eigenvalue weighted by atomic mass is 10.2. The molecule has 0 aliphatic heterocycles. The maximum Gasteiger partial charge on any atom is 0.407 e. The fourth-order valence-electron chi connectivity index (χ4n) is 1.34. The molecule has 0 fully saturated rings. The number of nitrogens with one attached hydrogen (secondary N) is 1. The van der Waals surface area contributed by atoms with Crippen LogP contribution in [0.25, 0.3) is 0 Å². The molecule has 0 saturated carbocycles. The first-order valence-corrected chi connectivity index (χ1v) is 6.77. The Bertz CT molecular complexity index is 299. The van der Waals surface area contributed by atoms with Crippen LogP contribution in [0.2, 0.25) is 0 Å². The van der Waals surface area contributed by atoms with Gasteiger partial charge in [-0.25, -0.2) is 4.79 Å². The van der Waals surface area contributed by atoms with E-state index in [9.17, 15) is 4.79 Å². The maximum atomic E-state index is 11.2. The summed E-state index contributed by atoms with van der Waals surface area (Å²) in [7, 11) is 0. The molecule has 1 aromatic carbocycles. The predicted octanol–water partition coefficient (Wildman–Crippen LogP) is 4.13. The van der Waals surface area contributed by atoms with Crippen molar-refractivity contribution < 1.29 is 9.53 Å². The molecule has 1 aromatic rings. The number of rotatable bonds is 6. The molecule has 0 aliphatic rings. The van der Waals surface area contributed by atoms with E-state index in [0.29, 0.717) is 13.2 Å². The van der Waals surface area contributed by atoms with Gasteiger partial charge in [-0.3, -0.25) is 0 Å². The first kappa shape index (κ1) is 16.5. The second-order valence-electron chi connectivity index (χ2n) is 3.70. The average molecular weight is 251 g/mol. The largest absolute Gasteiger partial charge is 0.445 e. The van der Waals surface area contributed by atoms with Crippen molar-refractivity contribution in [3.05, 3.63) is 35.9 Å². The van der Waals surface area contributed by atoms with Gasteiger partial charge in [-0.1, -0.05) is 63.9 Å². The number of hydrogen-bond donors (Lipinski definition) is 1. The average Bonchev–Trinajstić information content (AvgIpc) is 2.45. The van der Waals surface area contributed by atoms with Crippen molar-refractivity contribution in [3.63, 3.8) is 0 Å². The SMILES string of the molecule is CC.CCCCCNC(=O)OCc1ccccc1. The number of benzene rings is 1. The third-order valence-corrected chi connectivity index (χ3v) is 2.26. The standard InChI is InChI=1S/C13H19NO2.C2H6/c1-2-3-7-10-14-13(15)16-11-12-8-5-4-6-9-12;1-2/h4-6,8-9H,2-3,7,10-11H2,1H3,(H,14,15);1-2H3. The molecule has 0 radical (unpaired) electrons. The number of unbranched alkanes of at least 4 members (excludes halogenated alkanes) is 2. The third kappa shape index (κ3) is 8.62. The number of carbonyl (C=O) groups is 1. The smallest absolute Gasteiger partial charge is 0.407 e. The van der Waals surface area contributed by atoms with Gasteiger partial charge in [0.15, 0.2) is 0 Å². The van der Waals surface area contributed by atoms with Crippen molar-refractivity contribution in [3.8, 4) is 0 Å². The zero-order valence-electron chi connectivity index (χ0n) is 11.7. The van der Waals surface area contributed by atoms with Crippen molar-refractivity contribution in [2.75, 3.05) is 6.54 Å². The van der Waals surface area contributed by atoms with Crippen molar-refractivity contribution in [1.29, 1.82) is 0 Å². The van der Waals surface area contributed by atoms with E-state index in [4.69, 9.17) is 4.74 Å². The Labute approximate surface area is 111 Å². The lowest BCUT2D eigenvalue weighted by molar-refractivity contribution is 0.139. The molecule has 18 heavy (non-hydrogen) atoms. The number of hydrogen-bond acceptors (Lipinski definition) is 2. The van der Waals surface area contributed by atoms with Gasteiger partial charge in [0.25, 0.3) is 0 Å². The van der Waals surface area contributed by atoms with Gasteiger partial charge in [0, 0.05) is 6.54 Å². The van der Waals surface area contributed by atoms with Gasteiger partial charge in [-0.15, -0.1) is 0 Å². The summed E-state index contributed by atoms with van der Waals surface area (Å²) < 4.78 is 5.06. The molecular formula is C15H25NO2. The van der Waals surface area contributed by atoms with Crippen molar-refractivity contribution in [1.82, 2.24) is 5.32 Å². The van der Waals surface area contributed by atoms with E-state index in [0.717, 1.165) is 24.8 Å². The van der Waals surface area contributed by atoms with Crippen LogP contribution in [0.15, 0.2) is 30.3 Å². The van der Waals surface area contributed by atoms with Crippen LogP contribution in [-0.4, -0.2) is 12.6 Å². The summed E-state index contributed by atoms with van der Waals surface area (Å²) in [6.07, 6.45) is 2.97. The Morgan fingerprint density at radius 1 is 1.17 bits per heavy atom. The van der Waals surface area contributed by atoms with Gasteiger partial charge in [0.05, 0.1) is 0 Å². The molecule has 0 heterocycles. The molecule has 0 aliphatic carbocycles. The molecule has 102 valence electrons. The van der Waals surface area contributed by atoms with E-state index in [-0.39, 0.29) is 6.09 Å². The Kier molecular flexibility index (Phi) is 11.0. The molecule has 1 rings (SSSR count). The van der Waals surface area contributed by atoms with Gasteiger partial charge < -0.3 is 10.1 Å². The highest BCUT2D eigenvalue weighted by Crippen LogP contribution is 2.00. The van der Waals surface area contributed by atoms with Crippen LogP contribution >= 0.6 is 0 Å². The monoisotopic (exact) mass is 251 g/mol. The summed E-state index contributed by atoms with van der Waals surface area (Å²) in [6.45, 7) is 7.16. The highest BCUT2D eigenvalue weighted by atomic mass is 16.5. The summed E-state index contributed by atoms with van der Waals surface area (Å²) in [6, 6.07) is 9.67. The highest BCUT2D eigenvalue weighted by molar-refractivity contribution is 5.67. The molecule has 0 saturated heterocycles. The highest BCUT2D eigenvalue weighted by Gasteiger charge is 2.00. The number of ether oxygens (including phenoxy) is 1. The van der Waals surface area contributed by atoms with E-state index in [1.54, 1.807) is 0 Å². The van der Waals surface area contributed by atoms with Crippen molar-refractivity contribution in [2.45, 2.75) is 46.6 Å². The summed E-state index contributed by atoms with van der Waals surface area (Å²) in [5, 5.41) is 2.73. The molecule has 1 N–H and O–H groups in total. The van der Waals surface area contributed by atoms with Crippen molar-refractivity contribution in [2.24, 2.45) is 0 Å². The van der Waals surface area contributed by atoms with Crippen LogP contribution in [0.5, 0.6) is 0 Å². The van der Waals surface area contributed by atoms with Crippen molar-refractivity contribution >= 4 is 6.09 Å². The molecule has 0 aromatic heterocycles. The van der Waals surface area contributed by atoms with Gasteiger partial charge in [0.1, 0.15) is 6.61 Å². The maximum absolute atomic E-state index is 11.2. The minimum Gasteiger partial charge on any atom is -0.445 e. The zero-order valence-corrected chi connectivity index (χ0v) is 11.7. The van der Waals surface area contributed by atoms with Crippen LogP contribution in [0, 0.1) is 0 Å². The molecule has 0 spiro atoms. The summed E-state index contributed by atoms with van der Waals surface area (Å²) in [5.41, 5.74) is 1.01. The Hall–Kier alpha value is -1.51. The molecule has 1 amide bonds. The van der Waals surface area contributed by atoms with Gasteiger partial charge >= 0.3 is 6.09 Å². The number of carbonyl (C=O) groups excluding carboxylic acids is 1. The minimum absolute atomic E-state index is 0.333. The minimum atomic E-state index is -0.333. The molecule has 0 atom stereocenters. The third-order valence-electron chi connectivity index (χ3n) is 2.26. The Morgan fingerprint density at radius 3 is 2.44 bits per heavy atom. The van der Waals surface area contributed by atoms with E-state index >= 15 is 0 Å². The molecule has 0 unspecified atom stereocenters. The van der Waals surface area contributed by atoms with Crippen LogP contribution < -0.4 is 5.32 Å². The van der Waals surface area contributed by atoms with E-state index < -0.39 is 0 Å². The molecular weight excluding hydrogens is 226 g/mol. The molecule has 3 heteroatoms. The molecule has 0 bridgehead atoms. The van der Waals surface area contributed by atoms with Crippen LogP contribution in [0.1, 0.15) is 45.6 Å². The predicted molar refractivity (Wildman–Crippen MR) is 75.5 cm³/mol. The summed E-state index contributed by atoms with van der Waals surface area (Å²) in [4.78, 5) is 11.2. The topological polar surface area (TPSA) is 38.3 Å². The Morgan fingerprint density at radius 2 is 1.83 bits per heavy atom. The second kappa shape index (κ2) is 12.0. The lowest BCUT2D eigenvalue weighted by Gasteiger charge is -2.06. The number of amides is 1. The van der Waals surface area contributed by atoms with Gasteiger partial charge in [0.2, 0.25) is 0 Å². The fraction of sp³-hybridized carbons (Fsp3) is 0.533. The summed E-state index contributed by atoms with van der Waals surface area (Å²) >= 11 is 0. The first-order valence-electron chi connectivity index (χ1n) is 6.77. The van der Waals surface area contributed by atoms with Gasteiger partial charge in [-0.05, 0) is 12.0 Å². The fourth-order valence-corrected chi connectivity index (χ4v) is 1.34.